The molecule has 1 unspecified atom stereocenters. The molecule has 4 N–H and O–H groups in total. The van der Waals surface area contributed by atoms with Crippen molar-refractivity contribution in [2.45, 2.75) is 283 Å². The number of hydrogen-bond donors (Lipinski definition) is 3. The molecule has 0 aliphatic rings. The van der Waals surface area contributed by atoms with E-state index in [1.807, 2.05) is 0 Å². The van der Waals surface area contributed by atoms with Crippen molar-refractivity contribution in [2.75, 3.05) is 19.8 Å². The van der Waals surface area contributed by atoms with Crippen molar-refractivity contribution in [3.63, 3.8) is 0 Å². The third-order valence-electron chi connectivity index (χ3n) is 11.9. The van der Waals surface area contributed by atoms with Gasteiger partial charge in [-0.15, -0.1) is 0 Å². The number of hydrogen-bond acceptors (Lipinski definition) is 9. The second-order valence-electron chi connectivity index (χ2n) is 18.0. The van der Waals surface area contributed by atoms with E-state index in [0.29, 0.717) is 12.8 Å². The van der Waals surface area contributed by atoms with Gasteiger partial charge in [-0.1, -0.05) is 245 Å². The molecule has 0 rings (SSSR count). The van der Waals surface area contributed by atoms with Gasteiger partial charge in [-0.3, -0.25) is 23.4 Å². The normalized spacial score (nSPS) is 13.5. The molecular weight excluding hydrogens is 806 g/mol. The molecule has 62 heavy (non-hydrogen) atoms. The van der Waals surface area contributed by atoms with Crippen LogP contribution in [0.3, 0.4) is 0 Å². The van der Waals surface area contributed by atoms with E-state index in [0.717, 1.165) is 38.5 Å². The lowest BCUT2D eigenvalue weighted by Crippen LogP contribution is -2.34. The number of unbranched alkanes of at least 4 members (excludes halogenated alkanes) is 36. The summed E-state index contributed by atoms with van der Waals surface area (Å²) in [6.07, 6.45) is 47.4. The highest BCUT2D eigenvalue weighted by molar-refractivity contribution is 7.47. The molecule has 0 aromatic rings. The lowest BCUT2D eigenvalue weighted by atomic mass is 10.0. The fraction of sp³-hybridized carbons (Fsp3) is 0.940. The van der Waals surface area contributed by atoms with Gasteiger partial charge < -0.3 is 25.2 Å². The number of nitrogens with two attached hydrogens (primary N) is 1. The molecule has 12 heteroatoms. The lowest BCUT2D eigenvalue weighted by molar-refractivity contribution is -0.161. The van der Waals surface area contributed by atoms with Gasteiger partial charge in [-0.25, -0.2) is 4.57 Å². The average molecular weight is 904 g/mol. The Hall–Kier alpha value is -1.52. The number of aliphatic carboxylic acids is 1. The summed E-state index contributed by atoms with van der Waals surface area (Å²) < 4.78 is 32.9. The zero-order chi connectivity index (χ0) is 45.6. The number of carbonyl (C=O) groups excluding carboxylic acids is 2. The molecule has 3 atom stereocenters. The zero-order valence-corrected chi connectivity index (χ0v) is 41.1. The third-order valence-corrected chi connectivity index (χ3v) is 12.8. The summed E-state index contributed by atoms with van der Waals surface area (Å²) in [6.45, 7) is 2.87. The Balaban J connectivity index is 4.18. The smallest absolute Gasteiger partial charge is 0.472 e. The Bertz CT molecular complexity index is 1060. The van der Waals surface area contributed by atoms with Crippen LogP contribution in [-0.2, 0) is 37.5 Å². The second-order valence-corrected chi connectivity index (χ2v) is 19.5. The minimum atomic E-state index is -4.71. The summed E-state index contributed by atoms with van der Waals surface area (Å²) in [7, 11) is -4.71. The number of phosphoric ester groups is 1. The Kier molecular flexibility index (Phi) is 44.9. The molecule has 0 saturated carbocycles. The first-order chi connectivity index (χ1) is 30.1. The van der Waals surface area contributed by atoms with E-state index < -0.39 is 51.1 Å². The maximum atomic E-state index is 12.7. The summed E-state index contributed by atoms with van der Waals surface area (Å²) in [6, 6.07) is -1.52. The number of phosphoric acid groups is 1. The molecule has 0 amide bonds. The van der Waals surface area contributed by atoms with Crippen LogP contribution >= 0.6 is 7.82 Å². The largest absolute Gasteiger partial charge is 0.480 e. The second kappa shape index (κ2) is 46.0. The number of ether oxygens (including phenoxy) is 2. The van der Waals surface area contributed by atoms with E-state index >= 15 is 0 Å². The molecule has 11 nitrogen and oxygen atoms in total. The molecule has 0 aromatic carbocycles. The van der Waals surface area contributed by atoms with Crippen LogP contribution in [0.5, 0.6) is 0 Å². The van der Waals surface area contributed by atoms with Crippen molar-refractivity contribution in [1.29, 1.82) is 0 Å². The van der Waals surface area contributed by atoms with Gasteiger partial charge in [-0.05, 0) is 12.8 Å². The Morgan fingerprint density at radius 3 is 1.02 bits per heavy atom. The van der Waals surface area contributed by atoms with Gasteiger partial charge in [0, 0.05) is 12.8 Å². The molecule has 368 valence electrons. The molecule has 0 spiro atoms. The fourth-order valence-corrected chi connectivity index (χ4v) is 8.55. The predicted octanol–water partition coefficient (Wildman–Crippen LogP) is 14.6. The van der Waals surface area contributed by atoms with E-state index in [4.69, 9.17) is 24.8 Å². The van der Waals surface area contributed by atoms with Crippen LogP contribution in [0.15, 0.2) is 0 Å². The van der Waals surface area contributed by atoms with E-state index in [1.54, 1.807) is 0 Å². The van der Waals surface area contributed by atoms with Crippen LogP contribution in [-0.4, -0.2) is 59.9 Å². The number of carbonyl (C=O) groups is 3. The SMILES string of the molecule is CCCCCCCCCCCCCCCCCCCCCCC(=O)OC[C@H](COP(=O)(O)OC[C@H](N)C(=O)O)OC(=O)CCCCCCCCCCCCCCCCCCCC. The first-order valence-electron chi connectivity index (χ1n) is 26.1. The zero-order valence-electron chi connectivity index (χ0n) is 40.2. The minimum Gasteiger partial charge on any atom is -0.480 e. The molecule has 0 aliphatic carbocycles. The third kappa shape index (κ3) is 45.1. The first kappa shape index (κ1) is 60.5. The molecule has 0 aliphatic heterocycles. The quantitative estimate of drug-likeness (QED) is 0.0301. The topological polar surface area (TPSA) is 172 Å². The Morgan fingerprint density at radius 2 is 0.710 bits per heavy atom. The van der Waals surface area contributed by atoms with Crippen molar-refractivity contribution in [2.24, 2.45) is 5.73 Å². The highest BCUT2D eigenvalue weighted by Crippen LogP contribution is 2.43. The number of carboxylic acids is 1. The first-order valence-corrected chi connectivity index (χ1v) is 27.6. The van der Waals surface area contributed by atoms with E-state index in [2.05, 4.69) is 18.4 Å². The van der Waals surface area contributed by atoms with Gasteiger partial charge in [0.25, 0.3) is 0 Å². The van der Waals surface area contributed by atoms with Gasteiger partial charge in [0.05, 0.1) is 13.2 Å². The monoisotopic (exact) mass is 904 g/mol. The van der Waals surface area contributed by atoms with Gasteiger partial charge in [0.1, 0.15) is 12.6 Å². The highest BCUT2D eigenvalue weighted by Gasteiger charge is 2.28. The summed E-state index contributed by atoms with van der Waals surface area (Å²) in [5.74, 6) is -2.35. The summed E-state index contributed by atoms with van der Waals surface area (Å²) >= 11 is 0. The van der Waals surface area contributed by atoms with E-state index in [9.17, 15) is 23.8 Å². The number of esters is 2. The van der Waals surface area contributed by atoms with E-state index in [-0.39, 0.29) is 19.4 Å². The Labute approximate surface area is 380 Å². The standard InChI is InChI=1S/C50H98NO10P/c1-3-5-7-9-11-13-15-17-19-21-23-24-26-27-29-31-33-35-37-39-41-48(52)58-43-46(44-59-62(56,57)60-45-47(51)50(54)55)61-49(53)42-40-38-36-34-32-30-28-25-22-20-18-16-14-12-10-8-6-4-2/h46-47H,3-45,51H2,1-2H3,(H,54,55)(H,56,57)/t46-,47+/m1/s1. The summed E-state index contributed by atoms with van der Waals surface area (Å²) in [5, 5.41) is 8.92. The van der Waals surface area contributed by atoms with Gasteiger partial charge in [-0.2, -0.15) is 0 Å². The number of rotatable bonds is 50. The molecule has 0 aromatic heterocycles. The van der Waals surface area contributed by atoms with Crippen molar-refractivity contribution >= 4 is 25.7 Å². The van der Waals surface area contributed by atoms with Gasteiger partial charge >= 0.3 is 25.7 Å². The van der Waals surface area contributed by atoms with E-state index in [1.165, 1.54) is 193 Å². The molecule has 0 bridgehead atoms. The minimum absolute atomic E-state index is 0.170. The van der Waals surface area contributed by atoms with Crippen LogP contribution in [0.4, 0.5) is 0 Å². The highest BCUT2D eigenvalue weighted by atomic mass is 31.2. The molecular formula is C50H98NO10P. The molecule has 0 fully saturated rings. The van der Waals surface area contributed by atoms with Gasteiger partial charge in [0.2, 0.25) is 0 Å². The summed E-state index contributed by atoms with van der Waals surface area (Å²) in [5.41, 5.74) is 5.35. The van der Waals surface area contributed by atoms with Crippen molar-refractivity contribution in [1.82, 2.24) is 0 Å². The lowest BCUT2D eigenvalue weighted by Gasteiger charge is -2.20. The van der Waals surface area contributed by atoms with Crippen molar-refractivity contribution in [3.05, 3.63) is 0 Å². The van der Waals surface area contributed by atoms with Crippen LogP contribution in [0.1, 0.15) is 271 Å². The maximum Gasteiger partial charge on any atom is 0.472 e. The van der Waals surface area contributed by atoms with Crippen LogP contribution < -0.4 is 5.73 Å². The number of carboxylic acid groups (broad SMARTS) is 1. The van der Waals surface area contributed by atoms with Crippen LogP contribution in [0.2, 0.25) is 0 Å². The van der Waals surface area contributed by atoms with Crippen LogP contribution in [0, 0.1) is 0 Å². The van der Waals surface area contributed by atoms with Gasteiger partial charge in [0.15, 0.2) is 6.10 Å². The summed E-state index contributed by atoms with van der Waals surface area (Å²) in [4.78, 5) is 46.2. The predicted molar refractivity (Wildman–Crippen MR) is 254 cm³/mol. The van der Waals surface area contributed by atoms with Crippen molar-refractivity contribution < 1.29 is 47.5 Å². The molecule has 0 heterocycles. The van der Waals surface area contributed by atoms with Crippen molar-refractivity contribution in [3.8, 4) is 0 Å². The average Bonchev–Trinajstić information content (AvgIpc) is 3.25. The molecule has 0 radical (unpaired) electrons. The fourth-order valence-electron chi connectivity index (χ4n) is 7.77. The van der Waals surface area contributed by atoms with Crippen LogP contribution in [0.25, 0.3) is 0 Å². The maximum absolute atomic E-state index is 12.7. The molecule has 0 saturated heterocycles. The Morgan fingerprint density at radius 1 is 0.435 bits per heavy atom.